The van der Waals surface area contributed by atoms with Gasteiger partial charge >= 0.3 is 0 Å². The fraction of sp³-hybridized carbons (Fsp3) is 0.462. The van der Waals surface area contributed by atoms with Crippen LogP contribution in [0, 0.1) is 11.7 Å². The van der Waals surface area contributed by atoms with Gasteiger partial charge in [-0.3, -0.25) is 4.79 Å². The van der Waals surface area contributed by atoms with Gasteiger partial charge in [-0.25, -0.2) is 12.8 Å². The molecule has 0 aliphatic heterocycles. The molecule has 0 N–H and O–H groups in total. The first kappa shape index (κ1) is 13.2. The molecule has 0 heterocycles. The molecule has 2 rings (SSSR count). The average molecular weight is 270 g/mol. The second kappa shape index (κ2) is 5.18. The van der Waals surface area contributed by atoms with E-state index >= 15 is 0 Å². The number of hydrogen-bond donors (Lipinski definition) is 0. The van der Waals surface area contributed by atoms with Crippen molar-refractivity contribution < 1.29 is 17.6 Å². The molecular formula is C13H15FO3S. The van der Waals surface area contributed by atoms with E-state index in [1.54, 1.807) is 0 Å². The normalized spacial score (nSPS) is 20.3. The number of hydrogen-bond acceptors (Lipinski definition) is 3. The lowest BCUT2D eigenvalue weighted by Crippen LogP contribution is -2.15. The van der Waals surface area contributed by atoms with Gasteiger partial charge in [-0.2, -0.15) is 0 Å². The van der Waals surface area contributed by atoms with E-state index in [-0.39, 0.29) is 22.3 Å². The molecule has 3 nitrogen and oxygen atoms in total. The predicted octanol–water partition coefficient (Wildman–Crippen LogP) is 2.36. The van der Waals surface area contributed by atoms with Crippen molar-refractivity contribution in [3.05, 3.63) is 30.1 Å². The first-order chi connectivity index (χ1) is 8.50. The van der Waals surface area contributed by atoms with E-state index in [1.165, 1.54) is 18.2 Å². The molecule has 1 aromatic rings. The van der Waals surface area contributed by atoms with Gasteiger partial charge in [-0.1, -0.05) is 12.1 Å². The molecule has 1 aromatic carbocycles. The van der Waals surface area contributed by atoms with Crippen LogP contribution < -0.4 is 0 Å². The molecule has 0 radical (unpaired) electrons. The molecule has 1 fully saturated rings. The van der Waals surface area contributed by atoms with Crippen molar-refractivity contribution in [2.75, 3.05) is 5.75 Å². The molecular weight excluding hydrogens is 255 g/mol. The van der Waals surface area contributed by atoms with Crippen molar-refractivity contribution in [1.29, 1.82) is 0 Å². The summed E-state index contributed by atoms with van der Waals surface area (Å²) in [6.45, 7) is 0. The van der Waals surface area contributed by atoms with Gasteiger partial charge in [0.1, 0.15) is 16.5 Å². The predicted molar refractivity (Wildman–Crippen MR) is 65.4 cm³/mol. The molecule has 5 heteroatoms. The zero-order valence-electron chi connectivity index (χ0n) is 9.93. The Balaban J connectivity index is 2.08. The minimum absolute atomic E-state index is 0.138. The number of Topliss-reactive ketones (excluding diaryl/α,β-unsaturated/α-hetero) is 1. The van der Waals surface area contributed by atoms with Crippen LogP contribution in [-0.4, -0.2) is 20.0 Å². The Morgan fingerprint density at radius 1 is 1.28 bits per heavy atom. The Bertz CT molecular complexity index is 551. The molecule has 0 bridgehead atoms. The lowest BCUT2D eigenvalue weighted by atomic mass is 10.1. The number of carbonyl (C=O) groups excluding carboxylic acids is 1. The lowest BCUT2D eigenvalue weighted by molar-refractivity contribution is -0.120. The zero-order chi connectivity index (χ0) is 13.2. The van der Waals surface area contributed by atoms with Crippen LogP contribution in [0.2, 0.25) is 0 Å². The summed E-state index contributed by atoms with van der Waals surface area (Å²) in [5, 5.41) is 0. The smallest absolute Gasteiger partial charge is 0.181 e. The molecule has 1 atom stereocenters. The maximum atomic E-state index is 13.4. The van der Waals surface area contributed by atoms with Gasteiger partial charge in [0.25, 0.3) is 0 Å². The fourth-order valence-corrected chi connectivity index (χ4v) is 3.76. The van der Waals surface area contributed by atoms with Crippen LogP contribution in [0.15, 0.2) is 29.2 Å². The number of carbonyl (C=O) groups is 1. The van der Waals surface area contributed by atoms with Crippen LogP contribution in [0.3, 0.4) is 0 Å². The molecule has 1 aliphatic carbocycles. The summed E-state index contributed by atoms with van der Waals surface area (Å²) in [7, 11) is -3.63. The minimum atomic E-state index is -3.63. The van der Waals surface area contributed by atoms with Gasteiger partial charge < -0.3 is 0 Å². The van der Waals surface area contributed by atoms with Crippen molar-refractivity contribution >= 4 is 15.6 Å². The van der Waals surface area contributed by atoms with Crippen LogP contribution in [0.4, 0.5) is 4.39 Å². The standard InChI is InChI=1S/C13H15FO3S/c14-11-5-1-2-7-13(11)18(16,17)9-8-10-4-3-6-12(10)15/h1-2,5,7,10H,3-4,6,8-9H2. The highest BCUT2D eigenvalue weighted by atomic mass is 32.2. The molecule has 1 saturated carbocycles. The molecule has 0 aromatic heterocycles. The molecule has 0 amide bonds. The molecule has 1 aliphatic rings. The molecule has 1 unspecified atom stereocenters. The van der Waals surface area contributed by atoms with Gasteiger partial charge in [-0.05, 0) is 31.4 Å². The van der Waals surface area contributed by atoms with Gasteiger partial charge in [0, 0.05) is 12.3 Å². The number of halogens is 1. The third kappa shape index (κ3) is 2.77. The second-order valence-corrected chi connectivity index (χ2v) is 6.67. The quantitative estimate of drug-likeness (QED) is 0.844. The first-order valence-electron chi connectivity index (χ1n) is 6.01. The van der Waals surface area contributed by atoms with Crippen molar-refractivity contribution in [3.63, 3.8) is 0 Å². The molecule has 18 heavy (non-hydrogen) atoms. The van der Waals surface area contributed by atoms with Crippen LogP contribution in [0.1, 0.15) is 25.7 Å². The number of ketones is 1. The zero-order valence-corrected chi connectivity index (χ0v) is 10.7. The van der Waals surface area contributed by atoms with E-state index in [9.17, 15) is 17.6 Å². The van der Waals surface area contributed by atoms with E-state index in [0.29, 0.717) is 12.8 Å². The first-order valence-corrected chi connectivity index (χ1v) is 7.66. The summed E-state index contributed by atoms with van der Waals surface area (Å²) >= 11 is 0. The SMILES string of the molecule is O=C1CCCC1CCS(=O)(=O)c1ccccc1F. The van der Waals surface area contributed by atoms with Crippen molar-refractivity contribution in [2.24, 2.45) is 5.92 Å². The van der Waals surface area contributed by atoms with Gasteiger partial charge in [0.2, 0.25) is 0 Å². The van der Waals surface area contributed by atoms with E-state index < -0.39 is 15.7 Å². The van der Waals surface area contributed by atoms with E-state index in [4.69, 9.17) is 0 Å². The lowest BCUT2D eigenvalue weighted by Gasteiger charge is -2.09. The van der Waals surface area contributed by atoms with Crippen molar-refractivity contribution in [2.45, 2.75) is 30.6 Å². The second-order valence-electron chi connectivity index (χ2n) is 4.59. The Labute approximate surface area is 106 Å². The number of benzene rings is 1. The molecule has 0 saturated heterocycles. The van der Waals surface area contributed by atoms with Gasteiger partial charge in [0.15, 0.2) is 9.84 Å². The van der Waals surface area contributed by atoms with Gasteiger partial charge in [-0.15, -0.1) is 0 Å². The summed E-state index contributed by atoms with van der Waals surface area (Å²) in [4.78, 5) is 11.2. The van der Waals surface area contributed by atoms with E-state index in [0.717, 1.165) is 18.9 Å². The van der Waals surface area contributed by atoms with Crippen LogP contribution >= 0.6 is 0 Å². The average Bonchev–Trinajstić information content (AvgIpc) is 2.73. The van der Waals surface area contributed by atoms with Crippen molar-refractivity contribution in [1.82, 2.24) is 0 Å². The topological polar surface area (TPSA) is 51.2 Å². The highest BCUT2D eigenvalue weighted by Crippen LogP contribution is 2.26. The van der Waals surface area contributed by atoms with Crippen LogP contribution in [-0.2, 0) is 14.6 Å². The Kier molecular flexibility index (Phi) is 3.80. The highest BCUT2D eigenvalue weighted by molar-refractivity contribution is 7.91. The van der Waals surface area contributed by atoms with E-state index in [1.807, 2.05) is 0 Å². The third-order valence-electron chi connectivity index (χ3n) is 3.34. The summed E-state index contributed by atoms with van der Waals surface area (Å²) in [6, 6.07) is 5.35. The van der Waals surface area contributed by atoms with Crippen LogP contribution in [0.25, 0.3) is 0 Å². The number of sulfone groups is 1. The van der Waals surface area contributed by atoms with E-state index in [2.05, 4.69) is 0 Å². The Morgan fingerprint density at radius 3 is 2.61 bits per heavy atom. The summed E-state index contributed by atoms with van der Waals surface area (Å²) < 4.78 is 37.3. The Morgan fingerprint density at radius 2 is 2.00 bits per heavy atom. The molecule has 0 spiro atoms. The molecule has 98 valence electrons. The largest absolute Gasteiger partial charge is 0.299 e. The fourth-order valence-electron chi connectivity index (χ4n) is 2.30. The maximum absolute atomic E-state index is 13.4. The highest BCUT2D eigenvalue weighted by Gasteiger charge is 2.27. The minimum Gasteiger partial charge on any atom is -0.299 e. The van der Waals surface area contributed by atoms with Gasteiger partial charge in [0.05, 0.1) is 5.75 Å². The third-order valence-corrected chi connectivity index (χ3v) is 5.11. The monoisotopic (exact) mass is 270 g/mol. The summed E-state index contributed by atoms with van der Waals surface area (Å²) in [5.41, 5.74) is 0. The van der Waals surface area contributed by atoms with Crippen molar-refractivity contribution in [3.8, 4) is 0 Å². The number of rotatable bonds is 4. The van der Waals surface area contributed by atoms with Crippen LogP contribution in [0.5, 0.6) is 0 Å². The summed E-state index contributed by atoms with van der Waals surface area (Å²) in [6.07, 6.45) is 2.44. The summed E-state index contributed by atoms with van der Waals surface area (Å²) in [5.74, 6) is -0.912. The maximum Gasteiger partial charge on any atom is 0.181 e. The Hall–Kier alpha value is -1.23.